The number of non-ortho nitro benzene ring substituents is 1. The number of carbonyl (C=O) groups excluding carboxylic acids is 2. The van der Waals surface area contributed by atoms with Crippen LogP contribution in [-0.2, 0) is 9.59 Å². The quantitative estimate of drug-likeness (QED) is 0.214. The molecule has 0 bridgehead atoms. The maximum absolute atomic E-state index is 13.0. The van der Waals surface area contributed by atoms with Crippen molar-refractivity contribution in [2.75, 3.05) is 27.2 Å². The normalized spacial score (nSPS) is 17.9. The monoisotopic (exact) mass is 459 g/mol. The summed E-state index contributed by atoms with van der Waals surface area (Å²) in [6.45, 7) is 0.828. The summed E-state index contributed by atoms with van der Waals surface area (Å²) < 4.78 is 0. The van der Waals surface area contributed by atoms with Crippen molar-refractivity contribution in [2.45, 2.75) is 12.5 Å². The van der Waals surface area contributed by atoms with Crippen LogP contribution >= 0.6 is 11.6 Å². The van der Waals surface area contributed by atoms with Gasteiger partial charge in [0.15, 0.2) is 0 Å². The number of ketones is 1. The van der Waals surface area contributed by atoms with E-state index in [1.807, 2.05) is 19.0 Å². The summed E-state index contributed by atoms with van der Waals surface area (Å²) in [4.78, 5) is 39.8. The molecule has 1 amide bonds. The van der Waals surface area contributed by atoms with Gasteiger partial charge in [-0.1, -0.05) is 23.7 Å². The number of aliphatic hydroxyl groups excluding tert-OH is 1. The fourth-order valence-electron chi connectivity index (χ4n) is 3.67. The molecule has 2 aromatic carbocycles. The van der Waals surface area contributed by atoms with E-state index in [1.165, 1.54) is 41.3 Å². The summed E-state index contributed by atoms with van der Waals surface area (Å²) >= 11 is 5.98. The molecule has 1 heterocycles. The van der Waals surface area contributed by atoms with Crippen LogP contribution in [0.15, 0.2) is 48.0 Å². The number of likely N-dealkylation sites (tertiary alicyclic amines) is 1. The average Bonchev–Trinajstić information content (AvgIpc) is 2.99. The zero-order chi connectivity index (χ0) is 23.6. The second-order valence-electron chi connectivity index (χ2n) is 7.66. The largest absolute Gasteiger partial charge is 0.507 e. The van der Waals surface area contributed by atoms with E-state index in [0.29, 0.717) is 18.5 Å². The number of amides is 1. The Bertz CT molecular complexity index is 1110. The predicted octanol–water partition coefficient (Wildman–Crippen LogP) is 3.33. The fourth-order valence-corrected chi connectivity index (χ4v) is 3.84. The van der Waals surface area contributed by atoms with Crippen LogP contribution in [0.2, 0.25) is 5.02 Å². The molecule has 1 atom stereocenters. The summed E-state index contributed by atoms with van der Waals surface area (Å²) in [6.07, 6.45) is 0.536. The maximum Gasteiger partial charge on any atom is 0.295 e. The number of halogens is 1. The highest BCUT2D eigenvalue weighted by Gasteiger charge is 2.46. The molecule has 1 aliphatic rings. The Morgan fingerprint density at radius 3 is 2.59 bits per heavy atom. The first-order valence-corrected chi connectivity index (χ1v) is 10.2. The van der Waals surface area contributed by atoms with E-state index in [1.54, 1.807) is 6.07 Å². The number of carbonyl (C=O) groups is 2. The fraction of sp³-hybridized carbons (Fsp3) is 0.273. The lowest BCUT2D eigenvalue weighted by Crippen LogP contribution is -2.32. The number of rotatable bonds is 7. The Hall–Kier alpha value is -3.43. The highest BCUT2D eigenvalue weighted by molar-refractivity contribution is 6.46. The molecular formula is C22H22ClN3O6. The number of phenolic OH excluding ortho intramolecular Hbond substituents is 1. The Kier molecular flexibility index (Phi) is 6.81. The molecule has 0 aliphatic carbocycles. The second kappa shape index (κ2) is 9.37. The van der Waals surface area contributed by atoms with Gasteiger partial charge >= 0.3 is 0 Å². The molecule has 0 aromatic heterocycles. The number of aliphatic hydroxyl groups is 1. The van der Waals surface area contributed by atoms with Crippen molar-refractivity contribution >= 4 is 34.7 Å². The molecule has 0 radical (unpaired) electrons. The molecule has 1 fully saturated rings. The molecule has 1 unspecified atom stereocenters. The number of hydrogen-bond donors (Lipinski definition) is 2. The lowest BCUT2D eigenvalue weighted by atomic mass is 9.94. The third-order valence-electron chi connectivity index (χ3n) is 5.15. The van der Waals surface area contributed by atoms with Gasteiger partial charge in [0, 0.05) is 23.7 Å². The SMILES string of the molecule is CN(C)CCCN1C(=O)C(=O)/C(=C(/O)c2cc(Cl)ccc2O)C1c1cccc([N+](=O)[O-])c1. The van der Waals surface area contributed by atoms with Crippen LogP contribution < -0.4 is 0 Å². The summed E-state index contributed by atoms with van der Waals surface area (Å²) in [7, 11) is 3.74. The van der Waals surface area contributed by atoms with E-state index in [4.69, 9.17) is 11.6 Å². The summed E-state index contributed by atoms with van der Waals surface area (Å²) in [6, 6.07) is 8.44. The Labute approximate surface area is 189 Å². The highest BCUT2D eigenvalue weighted by atomic mass is 35.5. The van der Waals surface area contributed by atoms with Crippen molar-refractivity contribution in [2.24, 2.45) is 0 Å². The van der Waals surface area contributed by atoms with Crippen molar-refractivity contribution in [3.63, 3.8) is 0 Å². The van der Waals surface area contributed by atoms with Crippen molar-refractivity contribution in [3.05, 3.63) is 74.3 Å². The number of phenols is 1. The van der Waals surface area contributed by atoms with Gasteiger partial charge in [-0.3, -0.25) is 19.7 Å². The van der Waals surface area contributed by atoms with Gasteiger partial charge in [0.1, 0.15) is 11.5 Å². The first kappa shape index (κ1) is 23.2. The van der Waals surface area contributed by atoms with E-state index < -0.39 is 28.4 Å². The summed E-state index contributed by atoms with van der Waals surface area (Å²) in [5.41, 5.74) is -0.296. The topological polar surface area (TPSA) is 124 Å². The number of benzene rings is 2. The average molecular weight is 460 g/mol. The molecule has 2 aromatic rings. The van der Waals surface area contributed by atoms with Gasteiger partial charge in [0.2, 0.25) is 0 Å². The first-order valence-electron chi connectivity index (χ1n) is 9.78. The minimum Gasteiger partial charge on any atom is -0.507 e. The number of nitro benzene ring substituents is 1. The molecule has 3 rings (SSSR count). The molecule has 0 spiro atoms. The zero-order valence-corrected chi connectivity index (χ0v) is 18.2. The number of hydrogen-bond acceptors (Lipinski definition) is 7. The molecule has 1 aliphatic heterocycles. The number of aromatic hydroxyl groups is 1. The molecule has 9 nitrogen and oxygen atoms in total. The van der Waals surface area contributed by atoms with Crippen molar-refractivity contribution < 1.29 is 24.7 Å². The van der Waals surface area contributed by atoms with Crippen LogP contribution in [-0.4, -0.2) is 63.8 Å². The standard InChI is InChI=1S/C22H22ClN3O6/c1-24(2)9-4-10-25-19(13-5-3-6-15(11-13)26(31)32)18(21(29)22(25)30)20(28)16-12-14(23)7-8-17(16)27/h3,5-8,11-12,19,27-28H,4,9-10H2,1-2H3/b20-18+. The molecule has 2 N–H and O–H groups in total. The van der Waals surface area contributed by atoms with Crippen molar-refractivity contribution in [1.29, 1.82) is 0 Å². The van der Waals surface area contributed by atoms with Gasteiger partial charge in [-0.05, 0) is 50.8 Å². The van der Waals surface area contributed by atoms with Crippen molar-refractivity contribution in [3.8, 4) is 5.75 Å². The number of Topliss-reactive ketones (excluding diaryl/α,β-unsaturated/α-hetero) is 1. The van der Waals surface area contributed by atoms with Gasteiger partial charge in [-0.15, -0.1) is 0 Å². The third-order valence-corrected chi connectivity index (χ3v) is 5.39. The first-order chi connectivity index (χ1) is 15.1. The zero-order valence-electron chi connectivity index (χ0n) is 17.5. The van der Waals surface area contributed by atoms with E-state index in [9.17, 15) is 29.9 Å². The Morgan fingerprint density at radius 2 is 1.94 bits per heavy atom. The minimum atomic E-state index is -1.06. The molecule has 32 heavy (non-hydrogen) atoms. The van der Waals surface area contributed by atoms with Gasteiger partial charge in [-0.25, -0.2) is 0 Å². The van der Waals surface area contributed by atoms with E-state index in [2.05, 4.69) is 0 Å². The van der Waals surface area contributed by atoms with Crippen LogP contribution in [0.4, 0.5) is 5.69 Å². The highest BCUT2D eigenvalue weighted by Crippen LogP contribution is 2.41. The van der Waals surface area contributed by atoms with E-state index in [-0.39, 0.29) is 34.1 Å². The Morgan fingerprint density at radius 1 is 1.22 bits per heavy atom. The van der Waals surface area contributed by atoms with E-state index >= 15 is 0 Å². The van der Waals surface area contributed by atoms with Gasteiger partial charge < -0.3 is 20.0 Å². The van der Waals surface area contributed by atoms with E-state index in [0.717, 1.165) is 0 Å². The lowest BCUT2D eigenvalue weighted by Gasteiger charge is -2.26. The maximum atomic E-state index is 13.0. The summed E-state index contributed by atoms with van der Waals surface area (Å²) in [5.74, 6) is -2.70. The van der Waals surface area contributed by atoms with Crippen LogP contribution in [0.25, 0.3) is 5.76 Å². The number of nitrogens with zero attached hydrogens (tertiary/aromatic N) is 3. The van der Waals surface area contributed by atoms with Crippen LogP contribution in [0.5, 0.6) is 5.75 Å². The lowest BCUT2D eigenvalue weighted by molar-refractivity contribution is -0.384. The third kappa shape index (κ3) is 4.58. The molecule has 168 valence electrons. The van der Waals surface area contributed by atoms with Crippen molar-refractivity contribution in [1.82, 2.24) is 9.80 Å². The predicted molar refractivity (Wildman–Crippen MR) is 118 cm³/mol. The number of nitro groups is 1. The minimum absolute atomic E-state index is 0.112. The van der Waals surface area contributed by atoms with Gasteiger partial charge in [-0.2, -0.15) is 0 Å². The smallest absolute Gasteiger partial charge is 0.295 e. The van der Waals surface area contributed by atoms with Gasteiger partial charge in [0.05, 0.1) is 22.1 Å². The summed E-state index contributed by atoms with van der Waals surface area (Å²) in [5, 5.41) is 32.7. The second-order valence-corrected chi connectivity index (χ2v) is 8.10. The molecule has 10 heteroatoms. The van der Waals surface area contributed by atoms with Crippen LogP contribution in [0.3, 0.4) is 0 Å². The molecule has 1 saturated heterocycles. The van der Waals surface area contributed by atoms with Gasteiger partial charge in [0.25, 0.3) is 17.4 Å². The Balaban J connectivity index is 2.18. The van der Waals surface area contributed by atoms with Crippen LogP contribution in [0.1, 0.15) is 23.6 Å². The molecular weight excluding hydrogens is 438 g/mol. The molecule has 0 saturated carbocycles. The van der Waals surface area contributed by atoms with Crippen LogP contribution in [0, 0.1) is 10.1 Å².